The molecular weight excluding hydrogens is 172 g/mol. The zero-order chi connectivity index (χ0) is 10.8. The van der Waals surface area contributed by atoms with Crippen LogP contribution in [-0.4, -0.2) is 7.11 Å². The maximum absolute atomic E-state index is 5.16. The molecule has 80 valence electrons. The minimum Gasteiger partial charge on any atom is -0.501 e. The van der Waals surface area contributed by atoms with E-state index in [0.717, 1.165) is 12.2 Å². The first-order valence-electron chi connectivity index (χ1n) is 5.47. The molecule has 0 heterocycles. The molecule has 0 saturated heterocycles. The van der Waals surface area contributed by atoms with Gasteiger partial charge in [0.1, 0.15) is 0 Å². The number of hydrogen-bond acceptors (Lipinski definition) is 1. The highest BCUT2D eigenvalue weighted by atomic mass is 16.5. The lowest BCUT2D eigenvalue weighted by Crippen LogP contribution is -1.83. The van der Waals surface area contributed by atoms with Gasteiger partial charge < -0.3 is 4.74 Å². The number of hydrogen-bond donors (Lipinski definition) is 0. The molecule has 0 aliphatic heterocycles. The normalized spacial score (nSPS) is 14.6. The van der Waals surface area contributed by atoms with E-state index in [1.807, 2.05) is 19.9 Å². The van der Waals surface area contributed by atoms with Gasteiger partial charge in [-0.2, -0.15) is 0 Å². The Hall–Kier alpha value is -0.980. The van der Waals surface area contributed by atoms with E-state index in [4.69, 9.17) is 4.74 Å². The molecule has 0 radical (unpaired) electrons. The van der Waals surface area contributed by atoms with Crippen molar-refractivity contribution in [1.29, 1.82) is 0 Å². The van der Waals surface area contributed by atoms with Crippen LogP contribution in [0, 0.1) is 0 Å². The van der Waals surface area contributed by atoms with Crippen LogP contribution in [0.15, 0.2) is 35.6 Å². The summed E-state index contributed by atoms with van der Waals surface area (Å²) in [5.74, 6) is 1.04. The van der Waals surface area contributed by atoms with Gasteiger partial charge >= 0.3 is 0 Å². The van der Waals surface area contributed by atoms with Crippen molar-refractivity contribution < 1.29 is 4.74 Å². The summed E-state index contributed by atoms with van der Waals surface area (Å²) in [5, 5.41) is 0. The molecule has 0 bridgehead atoms. The van der Waals surface area contributed by atoms with Crippen molar-refractivity contribution in [2.75, 3.05) is 7.11 Å². The zero-order valence-corrected chi connectivity index (χ0v) is 9.84. The van der Waals surface area contributed by atoms with E-state index in [1.165, 1.54) is 18.4 Å². The van der Waals surface area contributed by atoms with E-state index in [0.29, 0.717) is 0 Å². The second-order valence-corrected chi connectivity index (χ2v) is 2.93. The average Bonchev–Trinajstić information content (AvgIpc) is 2.47. The van der Waals surface area contributed by atoms with E-state index >= 15 is 0 Å². The minimum absolute atomic E-state index is 0.929. The van der Waals surface area contributed by atoms with Crippen LogP contribution in [-0.2, 0) is 4.74 Å². The highest BCUT2D eigenvalue weighted by molar-refractivity contribution is 5.28. The highest BCUT2D eigenvalue weighted by Crippen LogP contribution is 2.15. The Morgan fingerprint density at radius 1 is 1.36 bits per heavy atom. The second kappa shape index (κ2) is 8.61. The lowest BCUT2D eigenvalue weighted by Gasteiger charge is -2.00. The molecule has 1 aliphatic rings. The Balaban J connectivity index is 0.000000791. The molecule has 0 fully saturated rings. The summed E-state index contributed by atoms with van der Waals surface area (Å²) in [7, 11) is 1.72. The van der Waals surface area contributed by atoms with Crippen molar-refractivity contribution >= 4 is 0 Å². The van der Waals surface area contributed by atoms with Crippen LogP contribution in [0.2, 0.25) is 0 Å². The Kier molecular flexibility index (Phi) is 8.01. The molecule has 0 aromatic rings. The van der Waals surface area contributed by atoms with E-state index < -0.39 is 0 Å². The van der Waals surface area contributed by atoms with E-state index in [1.54, 1.807) is 7.11 Å². The Morgan fingerprint density at radius 2 is 2.07 bits per heavy atom. The topological polar surface area (TPSA) is 9.23 Å². The number of allylic oxidation sites excluding steroid dienone is 5. The van der Waals surface area contributed by atoms with Crippen LogP contribution in [0.3, 0.4) is 0 Å². The van der Waals surface area contributed by atoms with Crippen molar-refractivity contribution in [2.24, 2.45) is 0 Å². The fourth-order valence-corrected chi connectivity index (χ4v) is 1.27. The smallest absolute Gasteiger partial charge is 0.0993 e. The van der Waals surface area contributed by atoms with Crippen molar-refractivity contribution in [3.63, 3.8) is 0 Å². The fourth-order valence-electron chi connectivity index (χ4n) is 1.27. The third-order valence-electron chi connectivity index (χ3n) is 1.96. The summed E-state index contributed by atoms with van der Waals surface area (Å²) in [6.07, 6.45) is 11.8. The van der Waals surface area contributed by atoms with E-state index in [-0.39, 0.29) is 0 Å². The summed E-state index contributed by atoms with van der Waals surface area (Å²) >= 11 is 0. The van der Waals surface area contributed by atoms with Crippen LogP contribution in [0.1, 0.15) is 40.0 Å². The van der Waals surface area contributed by atoms with Gasteiger partial charge in [0.05, 0.1) is 12.9 Å². The molecule has 1 nitrogen and oxygen atoms in total. The third-order valence-corrected chi connectivity index (χ3v) is 1.96. The summed E-state index contributed by atoms with van der Waals surface area (Å²) < 4.78 is 5.16. The molecule has 0 aromatic carbocycles. The van der Waals surface area contributed by atoms with E-state index in [2.05, 4.69) is 25.2 Å². The van der Waals surface area contributed by atoms with Crippen LogP contribution in [0.4, 0.5) is 0 Å². The fraction of sp³-hybridized carbons (Fsp3) is 0.538. The summed E-state index contributed by atoms with van der Waals surface area (Å²) in [6, 6.07) is 0. The first-order valence-corrected chi connectivity index (χ1v) is 5.47. The molecule has 0 spiro atoms. The van der Waals surface area contributed by atoms with Gasteiger partial charge in [0, 0.05) is 6.42 Å². The monoisotopic (exact) mass is 194 g/mol. The maximum atomic E-state index is 5.16. The van der Waals surface area contributed by atoms with Gasteiger partial charge in [0.25, 0.3) is 0 Å². The largest absolute Gasteiger partial charge is 0.501 e. The van der Waals surface area contributed by atoms with Gasteiger partial charge in [-0.3, -0.25) is 0 Å². The Bertz CT molecular complexity index is 221. The molecule has 1 rings (SSSR count). The SMILES string of the molecule is CC.CCCC1=CCC(OC)=CC=C1. The molecule has 1 aliphatic carbocycles. The summed E-state index contributed by atoms with van der Waals surface area (Å²) in [4.78, 5) is 0. The lowest BCUT2D eigenvalue weighted by atomic mass is 10.1. The number of ether oxygens (including phenoxy) is 1. The third kappa shape index (κ3) is 4.90. The standard InChI is InChI=1S/C11H16O.C2H6/c1-3-5-10-6-4-7-11(12-2)9-8-10;1-2/h4,6-8H,3,5,9H2,1-2H3;1-2H3. The molecule has 0 unspecified atom stereocenters. The second-order valence-electron chi connectivity index (χ2n) is 2.93. The minimum atomic E-state index is 0.929. The van der Waals surface area contributed by atoms with E-state index in [9.17, 15) is 0 Å². The molecule has 0 aromatic heterocycles. The Labute approximate surface area is 88.2 Å². The predicted octanol–water partition coefficient (Wildman–Crippen LogP) is 4.23. The van der Waals surface area contributed by atoms with Crippen LogP contribution < -0.4 is 0 Å². The number of rotatable bonds is 3. The zero-order valence-electron chi connectivity index (χ0n) is 9.84. The van der Waals surface area contributed by atoms with Crippen molar-refractivity contribution in [3.05, 3.63) is 35.6 Å². The van der Waals surface area contributed by atoms with Crippen LogP contribution >= 0.6 is 0 Å². The number of methoxy groups -OCH3 is 1. The summed E-state index contributed by atoms with van der Waals surface area (Å²) in [5.41, 5.74) is 1.42. The molecule has 0 amide bonds. The van der Waals surface area contributed by atoms with Gasteiger partial charge in [-0.05, 0) is 12.5 Å². The van der Waals surface area contributed by atoms with Crippen molar-refractivity contribution in [3.8, 4) is 0 Å². The molecule has 0 N–H and O–H groups in total. The van der Waals surface area contributed by atoms with Gasteiger partial charge in [-0.1, -0.05) is 51.0 Å². The molecule has 0 atom stereocenters. The molecule has 14 heavy (non-hydrogen) atoms. The first-order chi connectivity index (χ1) is 6.86. The summed E-state index contributed by atoms with van der Waals surface area (Å²) in [6.45, 7) is 6.20. The average molecular weight is 194 g/mol. The van der Waals surface area contributed by atoms with Gasteiger partial charge in [0.2, 0.25) is 0 Å². The van der Waals surface area contributed by atoms with Crippen molar-refractivity contribution in [2.45, 2.75) is 40.0 Å². The Morgan fingerprint density at radius 3 is 2.64 bits per heavy atom. The van der Waals surface area contributed by atoms with Crippen molar-refractivity contribution in [1.82, 2.24) is 0 Å². The first kappa shape index (κ1) is 13.0. The highest BCUT2D eigenvalue weighted by Gasteiger charge is 1.97. The predicted molar refractivity (Wildman–Crippen MR) is 63.2 cm³/mol. The van der Waals surface area contributed by atoms with Gasteiger partial charge in [-0.15, -0.1) is 0 Å². The van der Waals surface area contributed by atoms with Gasteiger partial charge in [-0.25, -0.2) is 0 Å². The maximum Gasteiger partial charge on any atom is 0.0993 e. The molecular formula is C13H22O. The van der Waals surface area contributed by atoms with Gasteiger partial charge in [0.15, 0.2) is 0 Å². The van der Waals surface area contributed by atoms with Crippen LogP contribution in [0.5, 0.6) is 0 Å². The lowest BCUT2D eigenvalue weighted by molar-refractivity contribution is 0.285. The molecule has 0 saturated carbocycles. The molecule has 1 heteroatoms. The quantitative estimate of drug-likeness (QED) is 0.653. The van der Waals surface area contributed by atoms with Crippen LogP contribution in [0.25, 0.3) is 0 Å².